The average Bonchev–Trinajstić information content (AvgIpc) is 2.51. The first-order valence-corrected chi connectivity index (χ1v) is 9.38. The molecule has 3 N–H and O–H groups in total. The summed E-state index contributed by atoms with van der Waals surface area (Å²) in [5.41, 5.74) is 6.66. The van der Waals surface area contributed by atoms with E-state index < -0.39 is 20.5 Å². The van der Waals surface area contributed by atoms with Gasteiger partial charge < -0.3 is 16.0 Å². The van der Waals surface area contributed by atoms with E-state index in [1.54, 1.807) is 33.0 Å². The van der Waals surface area contributed by atoms with Crippen LogP contribution in [0, 0.1) is 0 Å². The lowest BCUT2D eigenvalue weighted by atomic mass is 10.1. The Bertz CT molecular complexity index is 745. The number of hydrogen-bond donors (Lipinski definition) is 2. The molecule has 9 heteroatoms. The fourth-order valence-electron chi connectivity index (χ4n) is 2.62. The zero-order valence-corrected chi connectivity index (χ0v) is 17.8. The maximum Gasteiger partial charge on any atom is 0.248 e. The van der Waals surface area contributed by atoms with Gasteiger partial charge in [-0.05, 0) is 31.5 Å². The molecule has 25 heavy (non-hydrogen) atoms. The van der Waals surface area contributed by atoms with Gasteiger partial charge in [-0.2, -0.15) is 0 Å². The molecule has 1 aromatic rings. The Hall–Kier alpha value is -1.36. The number of benzene rings is 1. The number of carbonyl (C=O) groups is 1. The summed E-state index contributed by atoms with van der Waals surface area (Å²) < 4.78 is 23.4. The predicted molar refractivity (Wildman–Crippen MR) is 110 cm³/mol. The molecule has 0 aliphatic carbocycles. The monoisotopic (exact) mass is 480 g/mol. The van der Waals surface area contributed by atoms with Gasteiger partial charge in [0.25, 0.3) is 0 Å². The van der Waals surface area contributed by atoms with Gasteiger partial charge in [-0.1, -0.05) is 12.1 Å². The third kappa shape index (κ3) is 5.06. The van der Waals surface area contributed by atoms with E-state index in [1.807, 2.05) is 17.0 Å². The van der Waals surface area contributed by atoms with Crippen LogP contribution >= 0.6 is 24.0 Å². The molecule has 1 aromatic carbocycles. The Balaban J connectivity index is 0.00000312. The largest absolute Gasteiger partial charge is 0.366 e. The molecule has 1 saturated heterocycles. The maximum absolute atomic E-state index is 12.1. The molecule has 1 fully saturated rings. The maximum atomic E-state index is 12.1. The first-order valence-electron chi connectivity index (χ1n) is 7.73. The Morgan fingerprint density at radius 1 is 1.32 bits per heavy atom. The highest BCUT2D eigenvalue weighted by atomic mass is 127. The van der Waals surface area contributed by atoms with E-state index in [4.69, 9.17) is 5.73 Å². The Kier molecular flexibility index (Phi) is 7.24. The lowest BCUT2D eigenvalue weighted by molar-refractivity contribution is 0.100. The second kappa shape index (κ2) is 8.35. The summed E-state index contributed by atoms with van der Waals surface area (Å²) >= 11 is 0. The van der Waals surface area contributed by atoms with Crippen molar-refractivity contribution in [2.45, 2.75) is 25.1 Å². The van der Waals surface area contributed by atoms with Crippen molar-refractivity contribution in [3.05, 3.63) is 35.4 Å². The number of primary amides is 1. The van der Waals surface area contributed by atoms with Gasteiger partial charge in [0.2, 0.25) is 5.91 Å². The summed E-state index contributed by atoms with van der Waals surface area (Å²) in [6.45, 7) is 4.83. The number of aliphatic imine (C=N–C) groups is 1. The number of sulfone groups is 1. The summed E-state index contributed by atoms with van der Waals surface area (Å²) in [7, 11) is -1.41. The van der Waals surface area contributed by atoms with Crippen LogP contribution in [0.5, 0.6) is 0 Å². The van der Waals surface area contributed by atoms with E-state index in [-0.39, 0.29) is 29.7 Å². The van der Waals surface area contributed by atoms with Crippen LogP contribution in [0.15, 0.2) is 29.3 Å². The first-order chi connectivity index (χ1) is 11.2. The van der Waals surface area contributed by atoms with E-state index in [0.717, 1.165) is 5.56 Å². The van der Waals surface area contributed by atoms with Gasteiger partial charge >= 0.3 is 0 Å². The molecule has 0 saturated carbocycles. The molecule has 0 radical (unpaired) electrons. The lowest BCUT2D eigenvalue weighted by Gasteiger charge is -2.39. The molecule has 0 atom stereocenters. The van der Waals surface area contributed by atoms with Crippen LogP contribution in [0.2, 0.25) is 0 Å². The number of nitrogens with two attached hydrogens (primary N) is 1. The molecular formula is C16H25IN4O3S. The van der Waals surface area contributed by atoms with Gasteiger partial charge in [0.15, 0.2) is 15.8 Å². The normalized spacial score (nSPS) is 19.0. The van der Waals surface area contributed by atoms with Crippen molar-refractivity contribution in [1.82, 2.24) is 10.2 Å². The summed E-state index contributed by atoms with van der Waals surface area (Å²) in [5, 5.41) is 3.23. The quantitative estimate of drug-likeness (QED) is 0.382. The van der Waals surface area contributed by atoms with Gasteiger partial charge in [-0.15, -0.1) is 24.0 Å². The van der Waals surface area contributed by atoms with Crippen molar-refractivity contribution in [1.29, 1.82) is 0 Å². The molecule has 0 spiro atoms. The van der Waals surface area contributed by atoms with Crippen LogP contribution in [0.3, 0.4) is 0 Å². The van der Waals surface area contributed by atoms with E-state index in [0.29, 0.717) is 31.2 Å². The number of halogens is 1. The minimum atomic E-state index is -3.08. The Morgan fingerprint density at radius 2 is 1.92 bits per heavy atom. The lowest BCUT2D eigenvalue weighted by Crippen LogP contribution is -2.57. The molecule has 0 bridgehead atoms. The third-order valence-electron chi connectivity index (χ3n) is 4.24. The van der Waals surface area contributed by atoms with Crippen LogP contribution in [0.25, 0.3) is 0 Å². The van der Waals surface area contributed by atoms with Crippen molar-refractivity contribution >= 4 is 45.7 Å². The fraction of sp³-hybridized carbons (Fsp3) is 0.500. The minimum Gasteiger partial charge on any atom is -0.366 e. The van der Waals surface area contributed by atoms with Crippen LogP contribution in [-0.4, -0.2) is 55.8 Å². The summed E-state index contributed by atoms with van der Waals surface area (Å²) in [6, 6.07) is 7.01. The fourth-order valence-corrected chi connectivity index (χ4v) is 3.99. The minimum absolute atomic E-state index is 0. The van der Waals surface area contributed by atoms with Crippen LogP contribution in [0.4, 0.5) is 0 Å². The van der Waals surface area contributed by atoms with Crippen molar-refractivity contribution < 1.29 is 13.2 Å². The number of nitrogens with zero attached hydrogens (tertiary/aromatic N) is 2. The summed E-state index contributed by atoms with van der Waals surface area (Å²) in [4.78, 5) is 17.3. The second-order valence-corrected chi connectivity index (χ2v) is 9.20. The molecule has 2 rings (SSSR count). The summed E-state index contributed by atoms with van der Waals surface area (Å²) in [5.74, 6) is 0.326. The zero-order valence-electron chi connectivity index (χ0n) is 14.7. The number of guanidine groups is 1. The molecule has 0 aromatic heterocycles. The van der Waals surface area contributed by atoms with Crippen molar-refractivity contribution in [3.8, 4) is 0 Å². The molecule has 7 nitrogen and oxygen atoms in total. The van der Waals surface area contributed by atoms with Gasteiger partial charge in [-0.25, -0.2) is 8.42 Å². The first kappa shape index (κ1) is 21.7. The van der Waals surface area contributed by atoms with E-state index in [9.17, 15) is 13.2 Å². The highest BCUT2D eigenvalue weighted by Crippen LogP contribution is 2.23. The highest BCUT2D eigenvalue weighted by molar-refractivity contribution is 14.0. The standard InChI is InChI=1S/C16H24N4O3S.HI/c1-16(2)11-20(8-9-24(16,22)23)15(18-3)19-10-12-4-6-13(7-5-12)14(17)21;/h4-7H,8-11H2,1-3H3,(H2,17,21)(H,18,19);1H. The zero-order chi connectivity index (χ0) is 18.0. The van der Waals surface area contributed by atoms with Gasteiger partial charge in [0.1, 0.15) is 0 Å². The Morgan fingerprint density at radius 3 is 2.40 bits per heavy atom. The average molecular weight is 480 g/mol. The third-order valence-corrected chi connectivity index (χ3v) is 6.78. The molecular weight excluding hydrogens is 455 g/mol. The number of amides is 1. The van der Waals surface area contributed by atoms with Gasteiger partial charge in [-0.3, -0.25) is 9.79 Å². The molecule has 0 unspecified atom stereocenters. The predicted octanol–water partition coefficient (Wildman–Crippen LogP) is 0.988. The number of carbonyl (C=O) groups excluding carboxylic acids is 1. The molecule has 1 aliphatic heterocycles. The SMILES string of the molecule is CN=C(NCc1ccc(C(N)=O)cc1)N1CCS(=O)(=O)C(C)(C)C1.I. The van der Waals surface area contributed by atoms with E-state index in [2.05, 4.69) is 10.3 Å². The molecule has 140 valence electrons. The van der Waals surface area contributed by atoms with Gasteiger partial charge in [0.05, 0.1) is 10.5 Å². The van der Waals surface area contributed by atoms with Crippen molar-refractivity contribution in [2.75, 3.05) is 25.9 Å². The number of rotatable bonds is 3. The Labute approximate surface area is 166 Å². The van der Waals surface area contributed by atoms with E-state index >= 15 is 0 Å². The molecule has 1 amide bonds. The highest BCUT2D eigenvalue weighted by Gasteiger charge is 2.40. The van der Waals surface area contributed by atoms with Crippen molar-refractivity contribution in [3.63, 3.8) is 0 Å². The molecule has 1 aliphatic rings. The number of hydrogen-bond acceptors (Lipinski definition) is 4. The second-order valence-electron chi connectivity index (χ2n) is 6.46. The number of nitrogens with one attached hydrogen (secondary N) is 1. The molecule has 1 heterocycles. The summed E-state index contributed by atoms with van der Waals surface area (Å²) in [6.07, 6.45) is 0. The van der Waals surface area contributed by atoms with Crippen LogP contribution in [-0.2, 0) is 16.4 Å². The van der Waals surface area contributed by atoms with Crippen LogP contribution in [0.1, 0.15) is 29.8 Å². The van der Waals surface area contributed by atoms with Crippen LogP contribution < -0.4 is 11.1 Å². The smallest absolute Gasteiger partial charge is 0.248 e. The topological polar surface area (TPSA) is 105 Å². The van der Waals surface area contributed by atoms with Gasteiger partial charge in [0, 0.05) is 32.2 Å². The van der Waals surface area contributed by atoms with Crippen molar-refractivity contribution in [2.24, 2.45) is 10.7 Å². The van der Waals surface area contributed by atoms with E-state index in [1.165, 1.54) is 0 Å².